The minimum Gasteiger partial charge on any atom is -0.497 e. The molecule has 0 spiro atoms. The van der Waals surface area contributed by atoms with Crippen molar-refractivity contribution in [1.82, 2.24) is 0 Å². The van der Waals surface area contributed by atoms with Crippen LogP contribution in [-0.4, -0.2) is 7.11 Å². The lowest BCUT2D eigenvalue weighted by Gasteiger charge is -2.06. The largest absolute Gasteiger partial charge is 0.497 e. The summed E-state index contributed by atoms with van der Waals surface area (Å²) in [5, 5.41) is 0. The molecule has 0 radical (unpaired) electrons. The van der Waals surface area contributed by atoms with E-state index in [1.54, 1.807) is 7.11 Å². The summed E-state index contributed by atoms with van der Waals surface area (Å²) in [5.74, 6) is 1.95. The summed E-state index contributed by atoms with van der Waals surface area (Å²) in [6, 6.07) is 28.6. The highest BCUT2D eigenvalue weighted by Gasteiger charge is 2.41. The third-order valence-corrected chi connectivity index (χ3v) is 5.28. The van der Waals surface area contributed by atoms with E-state index in [0.717, 1.165) is 28.0 Å². The second-order valence-electron chi connectivity index (χ2n) is 7.26. The van der Waals surface area contributed by atoms with Crippen LogP contribution in [0.25, 0.3) is 22.6 Å². The fraction of sp³-hybridized carbons (Fsp3) is 0.115. The predicted molar refractivity (Wildman–Crippen MR) is 115 cm³/mol. The molecule has 3 aromatic carbocycles. The third kappa shape index (κ3) is 3.65. The summed E-state index contributed by atoms with van der Waals surface area (Å²) in [7, 11) is 1.66. The SMILES string of the molecule is COc1ccc([C@@H]2O[C@H]2c2ccc(-c3cc(=O)cc(-c4ccccc4)o3)cc2)cc1. The van der Waals surface area contributed by atoms with Crippen LogP contribution in [-0.2, 0) is 4.74 Å². The molecule has 0 N–H and O–H groups in total. The highest BCUT2D eigenvalue weighted by atomic mass is 16.6. The molecule has 1 fully saturated rings. The average molecular weight is 396 g/mol. The van der Waals surface area contributed by atoms with Gasteiger partial charge in [0.15, 0.2) is 5.43 Å². The fourth-order valence-electron chi connectivity index (χ4n) is 3.61. The van der Waals surface area contributed by atoms with E-state index in [4.69, 9.17) is 13.9 Å². The van der Waals surface area contributed by atoms with E-state index < -0.39 is 0 Å². The summed E-state index contributed by atoms with van der Waals surface area (Å²) >= 11 is 0. The molecule has 0 amide bonds. The van der Waals surface area contributed by atoms with E-state index in [0.29, 0.717) is 11.5 Å². The van der Waals surface area contributed by atoms with Gasteiger partial charge in [-0.05, 0) is 23.3 Å². The first-order chi connectivity index (χ1) is 14.7. The van der Waals surface area contributed by atoms with Crippen molar-refractivity contribution < 1.29 is 13.9 Å². The Morgan fingerprint density at radius 2 is 1.23 bits per heavy atom. The van der Waals surface area contributed by atoms with Crippen LogP contribution in [0.3, 0.4) is 0 Å². The first kappa shape index (κ1) is 18.4. The molecule has 0 saturated carbocycles. The molecule has 0 unspecified atom stereocenters. The van der Waals surface area contributed by atoms with E-state index in [2.05, 4.69) is 0 Å². The molecule has 1 aliphatic rings. The Hall–Kier alpha value is -3.63. The van der Waals surface area contributed by atoms with Crippen LogP contribution >= 0.6 is 0 Å². The molecule has 1 aromatic heterocycles. The highest BCUT2D eigenvalue weighted by Crippen LogP contribution is 2.51. The van der Waals surface area contributed by atoms with Gasteiger partial charge < -0.3 is 13.9 Å². The number of hydrogen-bond donors (Lipinski definition) is 0. The molecule has 4 aromatic rings. The van der Waals surface area contributed by atoms with Crippen LogP contribution in [0.5, 0.6) is 5.75 Å². The van der Waals surface area contributed by atoms with Gasteiger partial charge in [0, 0.05) is 23.3 Å². The molecule has 148 valence electrons. The van der Waals surface area contributed by atoms with E-state index >= 15 is 0 Å². The first-order valence-corrected chi connectivity index (χ1v) is 9.81. The molecular formula is C26H20O4. The maximum atomic E-state index is 12.2. The quantitative estimate of drug-likeness (QED) is 0.400. The number of benzene rings is 3. The minimum atomic E-state index is -0.0794. The molecule has 1 saturated heterocycles. The van der Waals surface area contributed by atoms with E-state index in [9.17, 15) is 4.79 Å². The van der Waals surface area contributed by atoms with Gasteiger partial charge in [-0.3, -0.25) is 4.79 Å². The number of hydrogen-bond acceptors (Lipinski definition) is 4. The van der Waals surface area contributed by atoms with Crippen molar-refractivity contribution in [1.29, 1.82) is 0 Å². The molecule has 4 heteroatoms. The lowest BCUT2D eigenvalue weighted by molar-refractivity contribution is 0.377. The summed E-state index contributed by atoms with van der Waals surface area (Å²) in [4.78, 5) is 12.2. The zero-order valence-corrected chi connectivity index (χ0v) is 16.4. The molecule has 30 heavy (non-hydrogen) atoms. The summed E-state index contributed by atoms with van der Waals surface area (Å²) < 4.78 is 17.1. The Bertz CT molecular complexity index is 1210. The zero-order valence-electron chi connectivity index (χ0n) is 16.4. The molecule has 2 heterocycles. The predicted octanol–water partition coefficient (Wildman–Crippen LogP) is 5.80. The topological polar surface area (TPSA) is 52.0 Å². The Kier molecular flexibility index (Phi) is 4.69. The second-order valence-corrected chi connectivity index (χ2v) is 7.26. The van der Waals surface area contributed by atoms with Crippen molar-refractivity contribution in [2.75, 3.05) is 7.11 Å². The van der Waals surface area contributed by atoms with Crippen molar-refractivity contribution in [2.45, 2.75) is 12.2 Å². The van der Waals surface area contributed by atoms with Crippen molar-refractivity contribution in [3.63, 3.8) is 0 Å². The molecule has 4 nitrogen and oxygen atoms in total. The monoisotopic (exact) mass is 396 g/mol. The van der Waals surface area contributed by atoms with Crippen LogP contribution in [0, 0.1) is 0 Å². The van der Waals surface area contributed by atoms with Gasteiger partial charge in [-0.2, -0.15) is 0 Å². The van der Waals surface area contributed by atoms with Gasteiger partial charge in [0.2, 0.25) is 0 Å². The Morgan fingerprint density at radius 3 is 1.80 bits per heavy atom. The maximum Gasteiger partial charge on any atom is 0.186 e. The second kappa shape index (κ2) is 7.65. The van der Waals surface area contributed by atoms with Crippen LogP contribution < -0.4 is 10.2 Å². The lowest BCUT2D eigenvalue weighted by Crippen LogP contribution is -1.98. The van der Waals surface area contributed by atoms with Gasteiger partial charge in [-0.25, -0.2) is 0 Å². The first-order valence-electron chi connectivity index (χ1n) is 9.81. The Labute approximate surface area is 174 Å². The minimum absolute atomic E-state index is 0.0371. The molecule has 5 rings (SSSR count). The fourth-order valence-corrected chi connectivity index (χ4v) is 3.61. The number of ether oxygens (including phenoxy) is 2. The number of rotatable bonds is 5. The normalized spacial score (nSPS) is 17.5. The van der Waals surface area contributed by atoms with Gasteiger partial charge >= 0.3 is 0 Å². The van der Waals surface area contributed by atoms with Gasteiger partial charge in [-0.1, -0.05) is 66.7 Å². The van der Waals surface area contributed by atoms with Gasteiger partial charge in [0.1, 0.15) is 29.5 Å². The summed E-state index contributed by atoms with van der Waals surface area (Å²) in [6.07, 6.45) is 0.0937. The van der Waals surface area contributed by atoms with Crippen molar-refractivity contribution in [3.05, 3.63) is 112 Å². The standard InChI is InChI=1S/C26H20O4/c1-28-22-13-11-20(12-14-22)26-25(30-26)19-9-7-18(8-10-19)24-16-21(27)15-23(29-24)17-5-3-2-4-6-17/h2-16,25-26H,1H3/t25-,26-/m0/s1. The molecule has 2 atom stereocenters. The van der Waals surface area contributed by atoms with Crippen LogP contribution in [0.1, 0.15) is 23.3 Å². The van der Waals surface area contributed by atoms with Crippen LogP contribution in [0.2, 0.25) is 0 Å². The summed E-state index contributed by atoms with van der Waals surface area (Å²) in [6.45, 7) is 0. The molecular weight excluding hydrogens is 376 g/mol. The average Bonchev–Trinajstić information content (AvgIpc) is 3.60. The number of methoxy groups -OCH3 is 1. The summed E-state index contributed by atoms with van der Waals surface area (Å²) in [5.41, 5.74) is 3.88. The highest BCUT2D eigenvalue weighted by molar-refractivity contribution is 5.63. The maximum absolute atomic E-state index is 12.2. The third-order valence-electron chi connectivity index (χ3n) is 5.28. The van der Waals surface area contributed by atoms with Crippen LogP contribution in [0.15, 0.2) is 100 Å². The Morgan fingerprint density at radius 1 is 0.700 bits per heavy atom. The van der Waals surface area contributed by atoms with E-state index in [1.807, 2.05) is 78.9 Å². The van der Waals surface area contributed by atoms with Crippen molar-refractivity contribution in [3.8, 4) is 28.4 Å². The molecule has 0 bridgehead atoms. The molecule has 0 aliphatic carbocycles. The zero-order chi connectivity index (χ0) is 20.5. The smallest absolute Gasteiger partial charge is 0.186 e. The van der Waals surface area contributed by atoms with Gasteiger partial charge in [0.05, 0.1) is 7.11 Å². The van der Waals surface area contributed by atoms with Gasteiger partial charge in [0.25, 0.3) is 0 Å². The van der Waals surface area contributed by atoms with Crippen molar-refractivity contribution in [2.24, 2.45) is 0 Å². The van der Waals surface area contributed by atoms with Crippen LogP contribution in [0.4, 0.5) is 0 Å². The Balaban J connectivity index is 1.37. The van der Waals surface area contributed by atoms with E-state index in [1.165, 1.54) is 12.1 Å². The number of epoxide rings is 1. The van der Waals surface area contributed by atoms with Crippen molar-refractivity contribution >= 4 is 0 Å². The lowest BCUT2D eigenvalue weighted by atomic mass is 10.0. The van der Waals surface area contributed by atoms with Gasteiger partial charge in [-0.15, -0.1) is 0 Å². The van der Waals surface area contributed by atoms with E-state index in [-0.39, 0.29) is 17.6 Å². The molecule has 1 aliphatic heterocycles.